The summed E-state index contributed by atoms with van der Waals surface area (Å²) in [5.74, 6) is -0.374. The number of ether oxygens (including phenoxy) is 1. The van der Waals surface area contributed by atoms with Gasteiger partial charge < -0.3 is 9.30 Å². The Balaban J connectivity index is 3.48. The van der Waals surface area contributed by atoms with Crippen LogP contribution >= 0.6 is 22.6 Å². The molecular weight excluding hydrogens is 343 g/mol. The standard InChI is InChI=1S/C13H17IN2O2/c1-5-13(6-2,8-15)11-9(14)7-10(16(11)3)12(17)18-4/h7H,5-6H2,1-4H3. The van der Waals surface area contributed by atoms with Gasteiger partial charge in [0, 0.05) is 10.6 Å². The Morgan fingerprint density at radius 1 is 1.56 bits per heavy atom. The summed E-state index contributed by atoms with van der Waals surface area (Å²) in [7, 11) is 3.17. The summed E-state index contributed by atoms with van der Waals surface area (Å²) >= 11 is 2.17. The Hall–Kier alpha value is -1.03. The molecule has 0 aliphatic carbocycles. The van der Waals surface area contributed by atoms with E-state index in [1.165, 1.54) is 7.11 Å². The van der Waals surface area contributed by atoms with Crippen molar-refractivity contribution in [1.82, 2.24) is 4.57 Å². The molecule has 5 heteroatoms. The van der Waals surface area contributed by atoms with Crippen molar-refractivity contribution in [2.24, 2.45) is 7.05 Å². The van der Waals surface area contributed by atoms with E-state index < -0.39 is 5.41 Å². The third-order valence-electron chi connectivity index (χ3n) is 3.46. The molecule has 1 aromatic heterocycles. The molecule has 98 valence electrons. The lowest BCUT2D eigenvalue weighted by atomic mass is 9.81. The molecule has 18 heavy (non-hydrogen) atoms. The van der Waals surface area contributed by atoms with Crippen LogP contribution in [0.25, 0.3) is 0 Å². The lowest BCUT2D eigenvalue weighted by molar-refractivity contribution is 0.0589. The molecule has 0 radical (unpaired) electrons. The molecule has 1 aromatic rings. The van der Waals surface area contributed by atoms with Crippen LogP contribution in [0.15, 0.2) is 6.07 Å². The van der Waals surface area contributed by atoms with Crippen LogP contribution < -0.4 is 0 Å². The molecule has 0 fully saturated rings. The summed E-state index contributed by atoms with van der Waals surface area (Å²) < 4.78 is 7.47. The number of nitriles is 1. The number of halogens is 1. The van der Waals surface area contributed by atoms with Gasteiger partial charge in [-0.25, -0.2) is 4.79 Å². The van der Waals surface area contributed by atoms with E-state index in [-0.39, 0.29) is 5.97 Å². The molecule has 0 unspecified atom stereocenters. The third kappa shape index (κ3) is 2.26. The van der Waals surface area contributed by atoms with Gasteiger partial charge in [-0.15, -0.1) is 0 Å². The molecule has 0 atom stereocenters. The minimum Gasteiger partial charge on any atom is -0.464 e. The highest BCUT2D eigenvalue weighted by Gasteiger charge is 2.35. The number of carbonyl (C=O) groups excluding carboxylic acids is 1. The summed E-state index contributed by atoms with van der Waals surface area (Å²) in [5, 5.41) is 9.50. The van der Waals surface area contributed by atoms with Gasteiger partial charge in [0.15, 0.2) is 0 Å². The molecule has 0 aromatic carbocycles. The van der Waals surface area contributed by atoms with Crippen LogP contribution in [-0.4, -0.2) is 17.6 Å². The molecule has 4 nitrogen and oxygen atoms in total. The van der Waals surface area contributed by atoms with Crippen molar-refractivity contribution in [3.8, 4) is 6.07 Å². The quantitative estimate of drug-likeness (QED) is 0.613. The van der Waals surface area contributed by atoms with Gasteiger partial charge in [-0.3, -0.25) is 0 Å². The van der Waals surface area contributed by atoms with E-state index in [4.69, 9.17) is 4.74 Å². The van der Waals surface area contributed by atoms with Crippen LogP contribution in [0.3, 0.4) is 0 Å². The first kappa shape index (κ1) is 15.0. The van der Waals surface area contributed by atoms with Gasteiger partial charge in [0.05, 0.1) is 24.3 Å². The molecule has 0 saturated heterocycles. The predicted molar refractivity (Wildman–Crippen MR) is 77.3 cm³/mol. The van der Waals surface area contributed by atoms with Crippen molar-refractivity contribution in [3.63, 3.8) is 0 Å². The van der Waals surface area contributed by atoms with Crippen molar-refractivity contribution in [2.75, 3.05) is 7.11 Å². The maximum absolute atomic E-state index is 11.7. The Bertz CT molecular complexity index is 496. The van der Waals surface area contributed by atoms with Crippen molar-refractivity contribution in [3.05, 3.63) is 21.0 Å². The maximum atomic E-state index is 11.7. The Morgan fingerprint density at radius 3 is 2.50 bits per heavy atom. The average molecular weight is 360 g/mol. The van der Waals surface area contributed by atoms with Crippen molar-refractivity contribution < 1.29 is 9.53 Å². The molecule has 0 bridgehead atoms. The molecular formula is C13H17IN2O2. The number of rotatable bonds is 4. The van der Waals surface area contributed by atoms with E-state index in [0.29, 0.717) is 18.5 Å². The zero-order valence-corrected chi connectivity index (χ0v) is 13.2. The predicted octanol–water partition coefficient (Wildman–Crippen LogP) is 3.00. The normalized spacial score (nSPS) is 11.1. The van der Waals surface area contributed by atoms with Gasteiger partial charge in [-0.1, -0.05) is 13.8 Å². The maximum Gasteiger partial charge on any atom is 0.354 e. The van der Waals surface area contributed by atoms with Gasteiger partial charge in [0.2, 0.25) is 0 Å². The minimum absolute atomic E-state index is 0.374. The average Bonchev–Trinajstić information content (AvgIpc) is 2.69. The zero-order valence-electron chi connectivity index (χ0n) is 11.1. The first-order chi connectivity index (χ1) is 8.47. The Labute approximate surface area is 121 Å². The lowest BCUT2D eigenvalue weighted by Crippen LogP contribution is -2.27. The fraction of sp³-hybridized carbons (Fsp3) is 0.538. The third-order valence-corrected chi connectivity index (χ3v) is 4.28. The van der Waals surface area contributed by atoms with E-state index >= 15 is 0 Å². The van der Waals surface area contributed by atoms with Gasteiger partial charge in [-0.2, -0.15) is 5.26 Å². The second kappa shape index (κ2) is 5.74. The molecule has 0 aliphatic heterocycles. The van der Waals surface area contributed by atoms with E-state index in [9.17, 15) is 10.1 Å². The van der Waals surface area contributed by atoms with E-state index in [0.717, 1.165) is 9.26 Å². The summed E-state index contributed by atoms with van der Waals surface area (Å²) in [6, 6.07) is 4.18. The van der Waals surface area contributed by atoms with Gasteiger partial charge in [0.1, 0.15) is 5.69 Å². The highest BCUT2D eigenvalue weighted by Crippen LogP contribution is 2.35. The smallest absolute Gasteiger partial charge is 0.354 e. The number of carbonyl (C=O) groups is 1. The van der Waals surface area contributed by atoms with Crippen LogP contribution in [-0.2, 0) is 17.2 Å². The Kier molecular flexibility index (Phi) is 4.79. The fourth-order valence-electron chi connectivity index (χ4n) is 2.21. The first-order valence-corrected chi connectivity index (χ1v) is 6.90. The van der Waals surface area contributed by atoms with Crippen molar-refractivity contribution in [1.29, 1.82) is 5.26 Å². The highest BCUT2D eigenvalue weighted by atomic mass is 127. The summed E-state index contributed by atoms with van der Waals surface area (Å²) in [5.41, 5.74) is 0.840. The largest absolute Gasteiger partial charge is 0.464 e. The number of hydrogen-bond donors (Lipinski definition) is 0. The zero-order chi connectivity index (χ0) is 13.9. The van der Waals surface area contributed by atoms with E-state index in [1.807, 2.05) is 13.8 Å². The topological polar surface area (TPSA) is 55.0 Å². The number of methoxy groups -OCH3 is 1. The molecule has 0 N–H and O–H groups in total. The molecule has 0 amide bonds. The minimum atomic E-state index is -0.544. The second-order valence-corrected chi connectivity index (χ2v) is 5.34. The number of esters is 1. The van der Waals surface area contributed by atoms with Gasteiger partial charge in [0.25, 0.3) is 0 Å². The summed E-state index contributed by atoms with van der Waals surface area (Å²) in [6.45, 7) is 3.99. The van der Waals surface area contributed by atoms with Crippen LogP contribution in [0, 0.1) is 14.9 Å². The monoisotopic (exact) mass is 360 g/mol. The van der Waals surface area contributed by atoms with Crippen molar-refractivity contribution >= 4 is 28.6 Å². The molecule has 0 aliphatic rings. The second-order valence-electron chi connectivity index (χ2n) is 4.18. The first-order valence-electron chi connectivity index (χ1n) is 5.82. The van der Waals surface area contributed by atoms with Gasteiger partial charge >= 0.3 is 5.97 Å². The molecule has 0 spiro atoms. The summed E-state index contributed by atoms with van der Waals surface area (Å²) in [4.78, 5) is 11.7. The summed E-state index contributed by atoms with van der Waals surface area (Å²) in [6.07, 6.45) is 1.43. The van der Waals surface area contributed by atoms with Gasteiger partial charge in [-0.05, 0) is 41.5 Å². The van der Waals surface area contributed by atoms with Crippen LogP contribution in [0.4, 0.5) is 0 Å². The SMILES string of the molecule is CCC(C#N)(CC)c1c(I)cc(C(=O)OC)n1C. The number of hydrogen-bond acceptors (Lipinski definition) is 3. The Morgan fingerprint density at radius 2 is 2.11 bits per heavy atom. The fourth-order valence-corrected chi connectivity index (χ4v) is 3.38. The van der Waals surface area contributed by atoms with Crippen molar-refractivity contribution in [2.45, 2.75) is 32.1 Å². The van der Waals surface area contributed by atoms with Crippen LogP contribution in [0.5, 0.6) is 0 Å². The number of nitrogens with zero attached hydrogens (tertiary/aromatic N) is 2. The van der Waals surface area contributed by atoms with Crippen LogP contribution in [0.1, 0.15) is 42.9 Å². The van der Waals surface area contributed by atoms with E-state index in [1.54, 1.807) is 17.7 Å². The molecule has 1 rings (SSSR count). The molecule has 1 heterocycles. The van der Waals surface area contributed by atoms with E-state index in [2.05, 4.69) is 28.7 Å². The van der Waals surface area contributed by atoms with Crippen LogP contribution in [0.2, 0.25) is 0 Å². The lowest BCUT2D eigenvalue weighted by Gasteiger charge is -2.25. The highest BCUT2D eigenvalue weighted by molar-refractivity contribution is 14.1. The number of aromatic nitrogens is 1. The molecule has 0 saturated carbocycles.